The fraction of sp³-hybridized carbons (Fsp3) is 0.600. The second kappa shape index (κ2) is 13.6. The second-order valence-corrected chi connectivity index (χ2v) is 10.8. The second-order valence-electron chi connectivity index (χ2n) is 10.8. The maximum atomic E-state index is 15.0. The number of nitrogens with two attached hydrogens (primary N) is 1. The lowest BCUT2D eigenvalue weighted by Gasteiger charge is -2.36. The molecule has 4 rings (SSSR count). The van der Waals surface area contributed by atoms with Gasteiger partial charge < -0.3 is 25.0 Å². The minimum atomic E-state index is -1.09. The van der Waals surface area contributed by atoms with Gasteiger partial charge in [-0.25, -0.2) is 8.78 Å². The molecule has 9 heteroatoms. The largest absolute Gasteiger partial charge is 0.492 e. The minimum Gasteiger partial charge on any atom is -0.492 e. The molecule has 3 heterocycles. The first-order valence-electron chi connectivity index (χ1n) is 14.2. The summed E-state index contributed by atoms with van der Waals surface area (Å²) in [6.45, 7) is 7.75. The van der Waals surface area contributed by atoms with Gasteiger partial charge in [0, 0.05) is 18.7 Å². The van der Waals surface area contributed by atoms with E-state index in [1.54, 1.807) is 23.2 Å². The van der Waals surface area contributed by atoms with Crippen LogP contribution in [0, 0.1) is 11.7 Å². The SMILES string of the molecule is CCC(F)(CC)CN1CCC(COc2ccc(-c3ccc(C(=O)N4CCC[C@H]4COCN)c(F)c3)nc2)CC1. The number of piperidine rings is 1. The molecule has 7 nitrogen and oxygen atoms in total. The first-order valence-corrected chi connectivity index (χ1v) is 14.2. The third kappa shape index (κ3) is 7.52. The number of aromatic nitrogens is 1. The van der Waals surface area contributed by atoms with E-state index in [9.17, 15) is 9.18 Å². The molecule has 1 aromatic heterocycles. The number of carbonyl (C=O) groups is 1. The molecule has 39 heavy (non-hydrogen) atoms. The van der Waals surface area contributed by atoms with Crippen LogP contribution in [0.3, 0.4) is 0 Å². The van der Waals surface area contributed by atoms with Gasteiger partial charge in [0.1, 0.15) is 17.2 Å². The van der Waals surface area contributed by atoms with Crippen molar-refractivity contribution in [3.05, 3.63) is 47.9 Å². The normalized spacial score (nSPS) is 19.0. The zero-order valence-corrected chi connectivity index (χ0v) is 23.2. The summed E-state index contributed by atoms with van der Waals surface area (Å²) >= 11 is 0. The van der Waals surface area contributed by atoms with E-state index in [4.69, 9.17) is 15.2 Å². The molecular formula is C30H42F2N4O3. The quantitative estimate of drug-likeness (QED) is 0.377. The molecule has 2 fully saturated rings. The molecule has 0 unspecified atom stereocenters. The predicted octanol–water partition coefficient (Wildman–Crippen LogP) is 5.04. The Kier molecular flexibility index (Phi) is 10.3. The fourth-order valence-electron chi connectivity index (χ4n) is 5.52. The van der Waals surface area contributed by atoms with Gasteiger partial charge in [0.15, 0.2) is 0 Å². The molecule has 0 aliphatic carbocycles. The monoisotopic (exact) mass is 544 g/mol. The average molecular weight is 545 g/mol. The van der Waals surface area contributed by atoms with Crippen LogP contribution in [0.25, 0.3) is 11.3 Å². The highest BCUT2D eigenvalue weighted by atomic mass is 19.1. The smallest absolute Gasteiger partial charge is 0.257 e. The summed E-state index contributed by atoms with van der Waals surface area (Å²) < 4.78 is 41.0. The molecule has 2 aliphatic heterocycles. The molecule has 0 radical (unpaired) electrons. The number of carbonyl (C=O) groups excluding carboxylic acids is 1. The summed E-state index contributed by atoms with van der Waals surface area (Å²) in [5.41, 5.74) is 5.57. The van der Waals surface area contributed by atoms with Gasteiger partial charge in [-0.3, -0.25) is 9.78 Å². The molecule has 2 aliphatic rings. The van der Waals surface area contributed by atoms with Gasteiger partial charge in [-0.05, 0) is 81.8 Å². The van der Waals surface area contributed by atoms with E-state index in [0.717, 1.165) is 38.8 Å². The fourth-order valence-corrected chi connectivity index (χ4v) is 5.52. The van der Waals surface area contributed by atoms with Crippen LogP contribution >= 0.6 is 0 Å². The van der Waals surface area contributed by atoms with Crippen LogP contribution in [0.2, 0.25) is 0 Å². The predicted molar refractivity (Wildman–Crippen MR) is 148 cm³/mol. The lowest BCUT2D eigenvalue weighted by atomic mass is 9.94. The maximum absolute atomic E-state index is 15.0. The first kappa shape index (κ1) is 29.4. The van der Waals surface area contributed by atoms with E-state index >= 15 is 4.39 Å². The Morgan fingerprint density at radius 3 is 2.51 bits per heavy atom. The van der Waals surface area contributed by atoms with Gasteiger partial charge in [0.25, 0.3) is 5.91 Å². The number of rotatable bonds is 12. The van der Waals surface area contributed by atoms with E-state index in [-0.39, 0.29) is 24.2 Å². The van der Waals surface area contributed by atoms with Crippen LogP contribution in [0.4, 0.5) is 8.78 Å². The van der Waals surface area contributed by atoms with Crippen molar-refractivity contribution in [2.45, 2.75) is 64.1 Å². The summed E-state index contributed by atoms with van der Waals surface area (Å²) in [5.74, 6) is 0.186. The molecular weight excluding hydrogens is 502 g/mol. The number of pyridine rings is 1. The third-order valence-electron chi connectivity index (χ3n) is 8.26. The third-order valence-corrected chi connectivity index (χ3v) is 8.26. The van der Waals surface area contributed by atoms with Crippen molar-refractivity contribution < 1.29 is 23.0 Å². The van der Waals surface area contributed by atoms with Gasteiger partial charge in [0.2, 0.25) is 0 Å². The molecule has 0 bridgehead atoms. The van der Waals surface area contributed by atoms with E-state index in [1.165, 1.54) is 12.1 Å². The Hall–Kier alpha value is -2.62. The van der Waals surface area contributed by atoms with Crippen LogP contribution in [0.15, 0.2) is 36.5 Å². The zero-order valence-electron chi connectivity index (χ0n) is 23.2. The molecule has 0 saturated carbocycles. The van der Waals surface area contributed by atoms with E-state index < -0.39 is 11.5 Å². The summed E-state index contributed by atoms with van der Waals surface area (Å²) in [4.78, 5) is 21.4. The molecule has 1 amide bonds. The summed E-state index contributed by atoms with van der Waals surface area (Å²) in [6, 6.07) is 8.15. The van der Waals surface area contributed by atoms with Crippen molar-refractivity contribution in [1.29, 1.82) is 0 Å². The van der Waals surface area contributed by atoms with E-state index in [1.807, 2.05) is 19.9 Å². The van der Waals surface area contributed by atoms with E-state index in [2.05, 4.69) is 9.88 Å². The number of ether oxygens (including phenoxy) is 2. The van der Waals surface area contributed by atoms with Gasteiger partial charge in [0.05, 0.1) is 43.4 Å². The number of halogens is 2. The van der Waals surface area contributed by atoms with Crippen LogP contribution in [-0.2, 0) is 4.74 Å². The molecule has 1 atom stereocenters. The summed E-state index contributed by atoms with van der Waals surface area (Å²) in [7, 11) is 0. The van der Waals surface area contributed by atoms with Crippen LogP contribution < -0.4 is 10.5 Å². The average Bonchev–Trinajstić information content (AvgIpc) is 3.44. The van der Waals surface area contributed by atoms with Crippen molar-refractivity contribution in [3.8, 4) is 17.0 Å². The van der Waals surface area contributed by atoms with Crippen LogP contribution in [-0.4, -0.2) is 78.5 Å². The number of hydrogen-bond donors (Lipinski definition) is 1. The molecule has 1 aromatic carbocycles. The highest BCUT2D eigenvalue weighted by molar-refractivity contribution is 5.95. The summed E-state index contributed by atoms with van der Waals surface area (Å²) in [5, 5.41) is 0. The van der Waals surface area contributed by atoms with Crippen LogP contribution in [0.1, 0.15) is 62.7 Å². The van der Waals surface area contributed by atoms with Crippen molar-refractivity contribution >= 4 is 5.91 Å². The Balaban J connectivity index is 1.28. The maximum Gasteiger partial charge on any atom is 0.257 e. The number of amides is 1. The van der Waals surface area contributed by atoms with Crippen LogP contribution in [0.5, 0.6) is 5.75 Å². The summed E-state index contributed by atoms with van der Waals surface area (Å²) in [6.07, 6.45) is 6.40. The number of hydrogen-bond acceptors (Lipinski definition) is 6. The molecule has 2 N–H and O–H groups in total. The Morgan fingerprint density at radius 1 is 1.10 bits per heavy atom. The molecule has 214 valence electrons. The molecule has 0 spiro atoms. The zero-order chi connectivity index (χ0) is 27.8. The standard InChI is InChI=1S/C30H42F2N4O3/c1-3-30(32,4-2)20-35-14-11-22(12-15-35)18-39-25-8-10-28(34-17-25)23-7-9-26(27(31)16-23)29(37)36-13-5-6-24(36)19-38-21-33/h7-10,16-17,22,24H,3-6,11-15,18-21,33H2,1-2H3/t24-/m0/s1. The Bertz CT molecular complexity index is 1070. The number of nitrogens with zero attached hydrogens (tertiary/aromatic N) is 3. The first-order chi connectivity index (χ1) is 18.9. The number of likely N-dealkylation sites (tertiary alicyclic amines) is 2. The van der Waals surface area contributed by atoms with Crippen molar-refractivity contribution in [3.63, 3.8) is 0 Å². The van der Waals surface area contributed by atoms with Crippen molar-refractivity contribution in [1.82, 2.24) is 14.8 Å². The lowest BCUT2D eigenvalue weighted by molar-refractivity contribution is 0.0548. The number of alkyl halides is 1. The van der Waals surface area contributed by atoms with Gasteiger partial charge in [-0.1, -0.05) is 19.9 Å². The highest BCUT2D eigenvalue weighted by Crippen LogP contribution is 2.28. The van der Waals surface area contributed by atoms with Gasteiger partial charge >= 0.3 is 0 Å². The topological polar surface area (TPSA) is 80.9 Å². The van der Waals surface area contributed by atoms with Gasteiger partial charge in [-0.15, -0.1) is 0 Å². The van der Waals surface area contributed by atoms with E-state index in [0.29, 0.717) is 62.1 Å². The highest BCUT2D eigenvalue weighted by Gasteiger charge is 2.32. The minimum absolute atomic E-state index is 0.0472. The van der Waals surface area contributed by atoms with Crippen molar-refractivity contribution in [2.75, 3.05) is 46.1 Å². The molecule has 2 aromatic rings. The number of benzene rings is 1. The Morgan fingerprint density at radius 2 is 1.87 bits per heavy atom. The van der Waals surface area contributed by atoms with Gasteiger partial charge in [-0.2, -0.15) is 0 Å². The molecule has 2 saturated heterocycles. The Labute approximate surface area is 230 Å². The lowest BCUT2D eigenvalue weighted by Crippen LogP contribution is -2.44. The van der Waals surface area contributed by atoms with Crippen molar-refractivity contribution in [2.24, 2.45) is 11.7 Å².